The van der Waals surface area contributed by atoms with Crippen molar-refractivity contribution in [3.05, 3.63) is 163 Å². The second kappa shape index (κ2) is 31.9. The third-order valence-corrected chi connectivity index (χ3v) is 9.14. The number of aromatic nitrogens is 2. The molecule has 0 saturated heterocycles. The molecule has 0 atom stereocenters. The maximum Gasteiger partial charge on any atom is 2.00 e. The Labute approximate surface area is 374 Å². The van der Waals surface area contributed by atoms with Gasteiger partial charge in [-0.3, -0.25) is 9.97 Å². The van der Waals surface area contributed by atoms with Crippen molar-refractivity contribution < 1.29 is 21.7 Å². The molecule has 0 spiro atoms. The van der Waals surface area contributed by atoms with E-state index >= 15 is 0 Å². The Bertz CT molecular complexity index is 1850. The molecule has 0 bridgehead atoms. The number of hydrogen-bond acceptors (Lipinski definition) is 3. The van der Waals surface area contributed by atoms with Gasteiger partial charge in [-0.15, -0.1) is 0 Å². The van der Waals surface area contributed by atoms with Gasteiger partial charge < -0.3 is 28.6 Å². The van der Waals surface area contributed by atoms with Crippen molar-refractivity contribution in [1.82, 2.24) is 9.97 Å². The quantitative estimate of drug-likeness (QED) is 0.0621. The van der Waals surface area contributed by atoms with E-state index in [1.807, 2.05) is 68.7 Å². The van der Waals surface area contributed by atoms with E-state index in [9.17, 15) is 0 Å². The minimum Gasteiger partial charge on any atom is -1.00 e. The van der Waals surface area contributed by atoms with Gasteiger partial charge in [0.2, 0.25) is 0 Å². The predicted molar refractivity (Wildman–Crippen MR) is 243 cm³/mol. The second-order valence-electron chi connectivity index (χ2n) is 13.0. The number of pyridine rings is 2. The summed E-state index contributed by atoms with van der Waals surface area (Å²) in [7, 11) is 0. The Kier molecular flexibility index (Phi) is 29.0. The third kappa shape index (κ3) is 19.8. The number of ether oxygens (including phenoxy) is 1. The summed E-state index contributed by atoms with van der Waals surface area (Å²) in [5.41, 5.74) is 10.7. The van der Waals surface area contributed by atoms with E-state index < -0.39 is 0 Å². The number of hydrogen-bond donors (Lipinski definition) is 0. The van der Waals surface area contributed by atoms with Crippen molar-refractivity contribution in [2.75, 3.05) is 13.2 Å². The van der Waals surface area contributed by atoms with Crippen molar-refractivity contribution >= 4 is 39.0 Å². The number of unbranched alkanes of at least 4 members (excludes halogenated alkanes) is 6. The molecule has 2 aromatic heterocycles. The Morgan fingerprint density at radius 3 is 1.39 bits per heavy atom. The molecular weight excluding hydrogens is 829 g/mol. The van der Waals surface area contributed by atoms with Gasteiger partial charge in [-0.2, -0.15) is 6.42 Å². The molecule has 2 heterocycles. The SMILES string of the molecule is Brc1cccc(-c2cccc(-c3ccccn3)c2)c1.CCCCCCc1cccc(-c2cccc(-c3ccccn3)c2)c1.CCOCC.[Br-].[CH2-]CCCCC.[Mg+2]. The first kappa shape index (κ1) is 50.9. The van der Waals surface area contributed by atoms with E-state index in [4.69, 9.17) is 4.74 Å². The molecule has 0 amide bonds. The predicted octanol–water partition coefficient (Wildman–Crippen LogP) is 11.8. The van der Waals surface area contributed by atoms with Gasteiger partial charge in [0.1, 0.15) is 0 Å². The number of aryl methyl sites for hydroxylation is 1. The first-order valence-electron chi connectivity index (χ1n) is 19.8. The molecule has 6 heteroatoms. The molecule has 0 aliphatic heterocycles. The van der Waals surface area contributed by atoms with Gasteiger partial charge >= 0.3 is 23.1 Å². The monoisotopic (exact) mass is 886 g/mol. The summed E-state index contributed by atoms with van der Waals surface area (Å²) in [4.78, 5) is 8.85. The average Bonchev–Trinajstić information content (AvgIpc) is 3.23. The molecule has 0 saturated carbocycles. The Hall–Kier alpha value is -3.13. The van der Waals surface area contributed by atoms with E-state index in [2.05, 4.69) is 138 Å². The molecule has 0 aliphatic rings. The van der Waals surface area contributed by atoms with Crippen LogP contribution in [0.25, 0.3) is 44.8 Å². The van der Waals surface area contributed by atoms with Crippen molar-refractivity contribution in [3.63, 3.8) is 0 Å². The fourth-order valence-electron chi connectivity index (χ4n) is 5.74. The van der Waals surface area contributed by atoms with Gasteiger partial charge in [-0.1, -0.05) is 153 Å². The summed E-state index contributed by atoms with van der Waals surface area (Å²) in [5, 5.41) is 0. The van der Waals surface area contributed by atoms with Crippen LogP contribution in [0.3, 0.4) is 0 Å². The van der Waals surface area contributed by atoms with Gasteiger partial charge in [0.15, 0.2) is 0 Å². The summed E-state index contributed by atoms with van der Waals surface area (Å²) in [5.74, 6) is 0. The molecule has 292 valence electrons. The minimum atomic E-state index is 0. The van der Waals surface area contributed by atoms with Crippen molar-refractivity contribution in [2.45, 2.75) is 85.5 Å². The normalized spacial score (nSPS) is 9.82. The molecule has 6 rings (SSSR count). The minimum absolute atomic E-state index is 0. The van der Waals surface area contributed by atoms with Gasteiger partial charge in [0.05, 0.1) is 11.4 Å². The average molecular weight is 889 g/mol. The summed E-state index contributed by atoms with van der Waals surface area (Å²) < 4.78 is 5.92. The Morgan fingerprint density at radius 2 is 0.964 bits per heavy atom. The fourth-order valence-corrected chi connectivity index (χ4v) is 6.14. The van der Waals surface area contributed by atoms with Crippen LogP contribution in [0.2, 0.25) is 0 Å². The zero-order chi connectivity index (χ0) is 38.6. The molecule has 0 unspecified atom stereocenters. The van der Waals surface area contributed by atoms with Gasteiger partial charge in [-0.25, -0.2) is 0 Å². The van der Waals surface area contributed by atoms with Crippen LogP contribution in [0.15, 0.2) is 150 Å². The third-order valence-electron chi connectivity index (χ3n) is 8.65. The van der Waals surface area contributed by atoms with Crippen molar-refractivity contribution in [1.29, 1.82) is 0 Å². The van der Waals surface area contributed by atoms with Crippen LogP contribution in [-0.2, 0) is 11.2 Å². The first-order valence-corrected chi connectivity index (χ1v) is 20.6. The van der Waals surface area contributed by atoms with E-state index in [1.54, 1.807) is 0 Å². The summed E-state index contributed by atoms with van der Waals surface area (Å²) in [6.45, 7) is 13.9. The molecule has 0 aliphatic carbocycles. The molecule has 0 fully saturated rings. The van der Waals surface area contributed by atoms with Crippen molar-refractivity contribution in [3.8, 4) is 44.8 Å². The van der Waals surface area contributed by atoms with Crippen LogP contribution in [0.1, 0.15) is 84.6 Å². The molecule has 0 radical (unpaired) electrons. The van der Waals surface area contributed by atoms with Crippen LogP contribution in [0.5, 0.6) is 0 Å². The van der Waals surface area contributed by atoms with E-state index in [1.165, 1.54) is 84.7 Å². The summed E-state index contributed by atoms with van der Waals surface area (Å²) in [6.07, 6.45) is 15.2. The zero-order valence-electron chi connectivity index (χ0n) is 34.1. The molecule has 3 nitrogen and oxygen atoms in total. The maximum atomic E-state index is 4.83. The molecule has 6 aromatic rings. The van der Waals surface area contributed by atoms with Crippen LogP contribution < -0.4 is 17.0 Å². The molecule has 56 heavy (non-hydrogen) atoms. The molecule has 0 N–H and O–H groups in total. The molecule has 4 aromatic carbocycles. The Balaban J connectivity index is 0.000000436. The Morgan fingerprint density at radius 1 is 0.500 bits per heavy atom. The summed E-state index contributed by atoms with van der Waals surface area (Å²) in [6, 6.07) is 46.4. The van der Waals surface area contributed by atoms with Gasteiger partial charge in [0.25, 0.3) is 0 Å². The van der Waals surface area contributed by atoms with Crippen LogP contribution in [0.4, 0.5) is 0 Å². The topological polar surface area (TPSA) is 35.0 Å². The van der Waals surface area contributed by atoms with Crippen LogP contribution >= 0.6 is 15.9 Å². The second-order valence-corrected chi connectivity index (χ2v) is 13.9. The first-order chi connectivity index (χ1) is 26.5. The standard InChI is InChI=1S/C23H25N.C17H12BrN.C6H13.C4H10O.BrH.Mg/c1-2-3-4-5-10-19-11-8-12-20(17-19)21-13-9-14-22(18-21)23-15-6-7-16-24-23;18-16-8-4-6-14(12-16)13-5-3-7-15(11-13)17-9-1-2-10-19-17;1-3-5-6-4-2;1-3-5-4-2;;/h6-9,11-18H,2-5,10H2,1H3;1-12H;1,3-6H2,2H3;3-4H2,1-2H3;1H;/q;;-1;;;+2/p-1. The molecular formula is C50H60Br2MgN2O. The summed E-state index contributed by atoms with van der Waals surface area (Å²) >= 11 is 3.51. The number of halogens is 2. The largest absolute Gasteiger partial charge is 2.00 e. The van der Waals surface area contributed by atoms with Crippen LogP contribution in [0, 0.1) is 6.92 Å². The fraction of sp³-hybridized carbons (Fsp3) is 0.300. The van der Waals surface area contributed by atoms with E-state index in [0.717, 1.165) is 41.1 Å². The number of nitrogens with zero attached hydrogens (tertiary/aromatic N) is 2. The smallest absolute Gasteiger partial charge is 1.00 e. The van der Waals surface area contributed by atoms with Gasteiger partial charge in [0, 0.05) is 41.2 Å². The van der Waals surface area contributed by atoms with E-state index in [-0.39, 0.29) is 40.0 Å². The zero-order valence-corrected chi connectivity index (χ0v) is 38.7. The van der Waals surface area contributed by atoms with E-state index in [0.29, 0.717) is 0 Å². The maximum absolute atomic E-state index is 4.83. The van der Waals surface area contributed by atoms with Crippen molar-refractivity contribution in [2.24, 2.45) is 0 Å². The number of rotatable bonds is 14. The van der Waals surface area contributed by atoms with Gasteiger partial charge in [-0.05, 0) is 103 Å². The van der Waals surface area contributed by atoms with Crippen LogP contribution in [-0.4, -0.2) is 46.2 Å². The number of benzene rings is 4.